The van der Waals surface area contributed by atoms with Crippen LogP contribution in [-0.4, -0.2) is 26.1 Å². The van der Waals surface area contributed by atoms with Crippen LogP contribution in [0.15, 0.2) is 42.7 Å². The first-order valence-electron chi connectivity index (χ1n) is 7.39. The predicted octanol–water partition coefficient (Wildman–Crippen LogP) is 2.66. The number of nitrogens with zero attached hydrogens (tertiary/aromatic N) is 4. The maximum atomic E-state index is 4.40. The van der Waals surface area contributed by atoms with Crippen molar-refractivity contribution in [3.8, 4) is 0 Å². The topological polar surface area (TPSA) is 55.1 Å². The Morgan fingerprint density at radius 1 is 1.14 bits per heavy atom. The molecule has 106 valence electrons. The first-order valence-corrected chi connectivity index (χ1v) is 7.39. The molecule has 2 heterocycles. The second-order valence-corrected chi connectivity index (χ2v) is 5.46. The summed E-state index contributed by atoms with van der Waals surface area (Å²) >= 11 is 0. The summed E-state index contributed by atoms with van der Waals surface area (Å²) in [5.41, 5.74) is 2.14. The zero-order chi connectivity index (χ0) is 14.1. The predicted molar refractivity (Wildman–Crippen MR) is 81.4 cm³/mol. The summed E-state index contributed by atoms with van der Waals surface area (Å²) in [4.78, 5) is 4.40. The van der Waals surface area contributed by atoms with Crippen LogP contribution in [0, 0.1) is 0 Å². The molecule has 1 aliphatic rings. The molecule has 0 bridgehead atoms. The zero-order valence-corrected chi connectivity index (χ0v) is 11.7. The molecular formula is C16H17N5. The number of hydrogen-bond acceptors (Lipinski definition) is 4. The smallest absolute Gasteiger partial charge is 0.203 e. The van der Waals surface area contributed by atoms with Crippen LogP contribution >= 0.6 is 0 Å². The normalized spacial score (nSPS) is 14.5. The molecule has 1 aliphatic carbocycles. The molecule has 0 amide bonds. The van der Waals surface area contributed by atoms with Crippen molar-refractivity contribution in [1.82, 2.24) is 19.6 Å². The minimum absolute atomic E-state index is 0.583. The standard InChI is InChI=1S/C16H17N5/c1-2-4-12(5-3-1)8-9-17-14-16-20-19-15(13-6-7-13)21(16)11-10-18-14/h1-5,10-11,13H,6-9H2,(H,17,18). The quantitative estimate of drug-likeness (QED) is 0.780. The molecule has 0 aliphatic heterocycles. The third-order valence-electron chi connectivity index (χ3n) is 3.84. The lowest BCUT2D eigenvalue weighted by molar-refractivity contribution is 0.894. The second-order valence-electron chi connectivity index (χ2n) is 5.46. The SMILES string of the molecule is c1ccc(CCNc2nccn3c(C4CC4)nnc23)cc1. The molecule has 1 saturated carbocycles. The van der Waals surface area contributed by atoms with Crippen molar-refractivity contribution < 1.29 is 0 Å². The lowest BCUT2D eigenvalue weighted by atomic mass is 10.1. The van der Waals surface area contributed by atoms with E-state index in [0.717, 1.165) is 30.3 Å². The van der Waals surface area contributed by atoms with Gasteiger partial charge in [-0.15, -0.1) is 10.2 Å². The summed E-state index contributed by atoms with van der Waals surface area (Å²) in [6.07, 6.45) is 7.17. The van der Waals surface area contributed by atoms with Crippen LogP contribution in [0.2, 0.25) is 0 Å². The number of anilines is 1. The Balaban J connectivity index is 1.51. The number of benzene rings is 1. The van der Waals surface area contributed by atoms with E-state index in [0.29, 0.717) is 5.92 Å². The van der Waals surface area contributed by atoms with E-state index in [1.54, 1.807) is 0 Å². The van der Waals surface area contributed by atoms with Crippen LogP contribution in [0.1, 0.15) is 30.1 Å². The lowest BCUT2D eigenvalue weighted by Crippen LogP contribution is -2.08. The fourth-order valence-electron chi connectivity index (χ4n) is 2.56. The Labute approximate surface area is 123 Å². The maximum Gasteiger partial charge on any atom is 0.203 e. The van der Waals surface area contributed by atoms with E-state index in [9.17, 15) is 0 Å². The Hall–Kier alpha value is -2.43. The molecule has 0 radical (unpaired) electrons. The van der Waals surface area contributed by atoms with Gasteiger partial charge in [0.1, 0.15) is 5.82 Å². The van der Waals surface area contributed by atoms with Gasteiger partial charge in [0.25, 0.3) is 0 Å². The molecule has 5 nitrogen and oxygen atoms in total. The van der Waals surface area contributed by atoms with E-state index in [4.69, 9.17) is 0 Å². The van der Waals surface area contributed by atoms with E-state index in [2.05, 4.69) is 49.2 Å². The molecule has 1 fully saturated rings. The molecule has 1 aromatic carbocycles. The number of aromatic nitrogens is 4. The fourth-order valence-corrected chi connectivity index (χ4v) is 2.56. The Kier molecular flexibility index (Phi) is 3.03. The average molecular weight is 279 g/mol. The largest absolute Gasteiger partial charge is 0.367 e. The third-order valence-corrected chi connectivity index (χ3v) is 3.84. The number of hydrogen-bond donors (Lipinski definition) is 1. The van der Waals surface area contributed by atoms with Crippen molar-refractivity contribution in [2.45, 2.75) is 25.2 Å². The minimum Gasteiger partial charge on any atom is -0.367 e. The molecule has 21 heavy (non-hydrogen) atoms. The van der Waals surface area contributed by atoms with E-state index in [-0.39, 0.29) is 0 Å². The number of nitrogens with one attached hydrogen (secondary N) is 1. The van der Waals surface area contributed by atoms with Crippen LogP contribution in [0.4, 0.5) is 5.82 Å². The highest BCUT2D eigenvalue weighted by Gasteiger charge is 2.29. The van der Waals surface area contributed by atoms with Crippen molar-refractivity contribution in [3.05, 3.63) is 54.1 Å². The van der Waals surface area contributed by atoms with Gasteiger partial charge in [-0.25, -0.2) is 4.98 Å². The number of fused-ring (bicyclic) bond motifs is 1. The van der Waals surface area contributed by atoms with Crippen molar-refractivity contribution in [2.24, 2.45) is 0 Å². The number of rotatable bonds is 5. The van der Waals surface area contributed by atoms with Crippen LogP contribution in [0.3, 0.4) is 0 Å². The van der Waals surface area contributed by atoms with E-state index >= 15 is 0 Å². The van der Waals surface area contributed by atoms with Crippen LogP contribution < -0.4 is 5.32 Å². The molecule has 0 spiro atoms. The van der Waals surface area contributed by atoms with E-state index in [1.807, 2.05) is 18.5 Å². The highest BCUT2D eigenvalue weighted by atomic mass is 15.3. The molecule has 0 unspecified atom stereocenters. The highest BCUT2D eigenvalue weighted by molar-refractivity contribution is 5.62. The first-order chi connectivity index (χ1) is 10.4. The summed E-state index contributed by atoms with van der Waals surface area (Å²) in [7, 11) is 0. The molecule has 5 heteroatoms. The molecule has 1 N–H and O–H groups in total. The van der Waals surface area contributed by atoms with Gasteiger partial charge < -0.3 is 5.32 Å². The fraction of sp³-hybridized carbons (Fsp3) is 0.312. The zero-order valence-electron chi connectivity index (χ0n) is 11.7. The van der Waals surface area contributed by atoms with Crippen LogP contribution in [0.25, 0.3) is 5.65 Å². The van der Waals surface area contributed by atoms with E-state index in [1.165, 1.54) is 18.4 Å². The van der Waals surface area contributed by atoms with Gasteiger partial charge in [-0.2, -0.15) is 0 Å². The van der Waals surface area contributed by atoms with Gasteiger partial charge in [-0.1, -0.05) is 30.3 Å². The molecule has 0 saturated heterocycles. The maximum absolute atomic E-state index is 4.40. The van der Waals surface area contributed by atoms with Crippen molar-refractivity contribution in [1.29, 1.82) is 0 Å². The first kappa shape index (κ1) is 12.3. The lowest BCUT2D eigenvalue weighted by Gasteiger charge is -2.06. The average Bonchev–Trinajstić information content (AvgIpc) is 3.28. The summed E-state index contributed by atoms with van der Waals surface area (Å²) < 4.78 is 2.06. The highest BCUT2D eigenvalue weighted by Crippen LogP contribution is 2.39. The van der Waals surface area contributed by atoms with Crippen molar-refractivity contribution in [2.75, 3.05) is 11.9 Å². The monoisotopic (exact) mass is 279 g/mol. The summed E-state index contributed by atoms with van der Waals surface area (Å²) in [5, 5.41) is 12.0. The molecule has 2 aromatic heterocycles. The molecular weight excluding hydrogens is 262 g/mol. The van der Waals surface area contributed by atoms with E-state index < -0.39 is 0 Å². The third kappa shape index (κ3) is 2.46. The van der Waals surface area contributed by atoms with Gasteiger partial charge in [0.15, 0.2) is 5.82 Å². The van der Waals surface area contributed by atoms with Gasteiger partial charge in [-0.05, 0) is 24.8 Å². The van der Waals surface area contributed by atoms with Crippen molar-refractivity contribution >= 4 is 11.5 Å². The summed E-state index contributed by atoms with van der Waals surface area (Å²) in [5.74, 6) is 2.46. The van der Waals surface area contributed by atoms with Gasteiger partial charge in [0.05, 0.1) is 0 Å². The Morgan fingerprint density at radius 3 is 2.81 bits per heavy atom. The Bertz CT molecular complexity index is 746. The summed E-state index contributed by atoms with van der Waals surface area (Å²) in [6, 6.07) is 10.4. The van der Waals surface area contributed by atoms with Gasteiger partial charge in [-0.3, -0.25) is 4.40 Å². The van der Waals surface area contributed by atoms with Gasteiger partial charge in [0, 0.05) is 24.9 Å². The molecule has 3 aromatic rings. The van der Waals surface area contributed by atoms with Crippen LogP contribution in [0.5, 0.6) is 0 Å². The Morgan fingerprint density at radius 2 is 2.00 bits per heavy atom. The molecule has 4 rings (SSSR count). The van der Waals surface area contributed by atoms with Crippen molar-refractivity contribution in [3.63, 3.8) is 0 Å². The minimum atomic E-state index is 0.583. The van der Waals surface area contributed by atoms with Gasteiger partial charge >= 0.3 is 0 Å². The summed E-state index contributed by atoms with van der Waals surface area (Å²) in [6.45, 7) is 0.836. The van der Waals surface area contributed by atoms with Crippen LogP contribution in [-0.2, 0) is 6.42 Å². The molecule has 0 atom stereocenters. The van der Waals surface area contributed by atoms with Gasteiger partial charge in [0.2, 0.25) is 5.65 Å². The second kappa shape index (κ2) is 5.16.